The molecule has 0 radical (unpaired) electrons. The fourth-order valence-electron chi connectivity index (χ4n) is 2.73. The summed E-state index contributed by atoms with van der Waals surface area (Å²) >= 11 is 5.81. The molecule has 2 nitrogen and oxygen atoms in total. The van der Waals surface area contributed by atoms with Crippen molar-refractivity contribution >= 4 is 11.6 Å². The number of hydrogen-bond donors (Lipinski definition) is 0. The zero-order chi connectivity index (χ0) is 13.8. The second kappa shape index (κ2) is 6.74. The van der Waals surface area contributed by atoms with Gasteiger partial charge in [-0.25, -0.2) is 0 Å². The quantitative estimate of drug-likeness (QED) is 0.782. The first-order chi connectivity index (χ1) is 9.11. The SMILES string of the molecule is Cc1ccc(C(C)N2CCN(CCCl)CC2)cc1C. The van der Waals surface area contributed by atoms with Crippen LogP contribution >= 0.6 is 11.6 Å². The van der Waals surface area contributed by atoms with Gasteiger partial charge in [-0.3, -0.25) is 9.80 Å². The van der Waals surface area contributed by atoms with E-state index in [9.17, 15) is 0 Å². The maximum absolute atomic E-state index is 5.81. The first-order valence-electron chi connectivity index (χ1n) is 7.21. The molecule has 1 aromatic rings. The molecule has 19 heavy (non-hydrogen) atoms. The third kappa shape index (κ3) is 3.71. The monoisotopic (exact) mass is 280 g/mol. The van der Waals surface area contributed by atoms with Gasteiger partial charge >= 0.3 is 0 Å². The van der Waals surface area contributed by atoms with Crippen molar-refractivity contribution in [2.45, 2.75) is 26.8 Å². The summed E-state index contributed by atoms with van der Waals surface area (Å²) in [7, 11) is 0. The van der Waals surface area contributed by atoms with Crippen LogP contribution in [-0.2, 0) is 0 Å². The standard InChI is InChI=1S/C16H25ClN2/c1-13-4-5-16(12-14(13)2)15(3)19-10-8-18(7-6-17)9-11-19/h4-5,12,15H,6-11H2,1-3H3. The largest absolute Gasteiger partial charge is 0.300 e. The van der Waals surface area contributed by atoms with Crippen LogP contribution in [-0.4, -0.2) is 48.4 Å². The molecular weight excluding hydrogens is 256 g/mol. The third-order valence-electron chi connectivity index (χ3n) is 4.37. The van der Waals surface area contributed by atoms with E-state index in [4.69, 9.17) is 11.6 Å². The van der Waals surface area contributed by atoms with E-state index >= 15 is 0 Å². The van der Waals surface area contributed by atoms with Crippen molar-refractivity contribution in [1.29, 1.82) is 0 Å². The molecule has 0 N–H and O–H groups in total. The zero-order valence-electron chi connectivity index (χ0n) is 12.3. The fourth-order valence-corrected chi connectivity index (χ4v) is 2.97. The molecule has 106 valence electrons. The molecule has 1 aliphatic heterocycles. The summed E-state index contributed by atoms with van der Waals surface area (Å²) in [5, 5.41) is 0. The van der Waals surface area contributed by atoms with Gasteiger partial charge in [-0.2, -0.15) is 0 Å². The summed E-state index contributed by atoms with van der Waals surface area (Å²) in [6.07, 6.45) is 0. The van der Waals surface area contributed by atoms with E-state index in [0.717, 1.165) is 38.6 Å². The average molecular weight is 281 g/mol. The maximum atomic E-state index is 5.81. The van der Waals surface area contributed by atoms with Crippen LogP contribution in [0.3, 0.4) is 0 Å². The molecule has 1 aliphatic rings. The number of benzene rings is 1. The van der Waals surface area contributed by atoms with Crippen LogP contribution in [0, 0.1) is 13.8 Å². The van der Waals surface area contributed by atoms with Gasteiger partial charge in [0.1, 0.15) is 0 Å². The number of aryl methyl sites for hydroxylation is 2. The van der Waals surface area contributed by atoms with Gasteiger partial charge in [0, 0.05) is 44.6 Å². The molecule has 0 aromatic heterocycles. The minimum absolute atomic E-state index is 0.512. The van der Waals surface area contributed by atoms with Crippen LogP contribution in [0.5, 0.6) is 0 Å². The Kier molecular flexibility index (Phi) is 5.26. The normalized spacial score (nSPS) is 19.6. The highest BCUT2D eigenvalue weighted by Gasteiger charge is 2.21. The molecule has 0 saturated carbocycles. The van der Waals surface area contributed by atoms with Crippen LogP contribution < -0.4 is 0 Å². The summed E-state index contributed by atoms with van der Waals surface area (Å²) < 4.78 is 0. The van der Waals surface area contributed by atoms with E-state index in [1.54, 1.807) is 0 Å². The molecule has 0 aliphatic carbocycles. The van der Waals surface area contributed by atoms with Gasteiger partial charge in [0.25, 0.3) is 0 Å². The lowest BCUT2D eigenvalue weighted by atomic mass is 10.0. The Morgan fingerprint density at radius 2 is 1.79 bits per heavy atom. The van der Waals surface area contributed by atoms with Gasteiger partial charge < -0.3 is 0 Å². The van der Waals surface area contributed by atoms with E-state index in [1.807, 2.05) is 0 Å². The maximum Gasteiger partial charge on any atom is 0.0351 e. The smallest absolute Gasteiger partial charge is 0.0351 e. The Bertz CT molecular complexity index is 411. The van der Waals surface area contributed by atoms with Gasteiger partial charge in [0.2, 0.25) is 0 Å². The highest BCUT2D eigenvalue weighted by molar-refractivity contribution is 6.18. The highest BCUT2D eigenvalue weighted by Crippen LogP contribution is 2.23. The second-order valence-electron chi connectivity index (χ2n) is 5.59. The molecule has 1 atom stereocenters. The minimum atomic E-state index is 0.512. The van der Waals surface area contributed by atoms with Crippen molar-refractivity contribution in [2.24, 2.45) is 0 Å². The van der Waals surface area contributed by atoms with Crippen molar-refractivity contribution in [3.05, 3.63) is 34.9 Å². The Labute approximate surface area is 122 Å². The van der Waals surface area contributed by atoms with Gasteiger partial charge in [0.15, 0.2) is 0 Å². The number of nitrogens with zero attached hydrogens (tertiary/aromatic N) is 2. The first kappa shape index (κ1) is 14.8. The molecule has 1 aromatic carbocycles. The summed E-state index contributed by atoms with van der Waals surface area (Å²) in [5.74, 6) is 0.743. The van der Waals surface area contributed by atoms with Crippen LogP contribution in [0.4, 0.5) is 0 Å². The highest BCUT2D eigenvalue weighted by atomic mass is 35.5. The van der Waals surface area contributed by atoms with Crippen LogP contribution in [0.15, 0.2) is 18.2 Å². The summed E-state index contributed by atoms with van der Waals surface area (Å²) in [6.45, 7) is 12.3. The molecular formula is C16H25ClN2. The van der Waals surface area contributed by atoms with Gasteiger partial charge in [-0.15, -0.1) is 11.6 Å². The Morgan fingerprint density at radius 1 is 1.11 bits per heavy atom. The summed E-state index contributed by atoms with van der Waals surface area (Å²) in [4.78, 5) is 5.03. The molecule has 0 spiro atoms. The Morgan fingerprint density at radius 3 is 2.37 bits per heavy atom. The number of rotatable bonds is 4. The molecule has 2 rings (SSSR count). The van der Waals surface area contributed by atoms with E-state index in [0.29, 0.717) is 6.04 Å². The second-order valence-corrected chi connectivity index (χ2v) is 5.96. The number of alkyl halides is 1. The summed E-state index contributed by atoms with van der Waals surface area (Å²) in [5.41, 5.74) is 4.21. The topological polar surface area (TPSA) is 6.48 Å². The number of hydrogen-bond acceptors (Lipinski definition) is 2. The van der Waals surface area contributed by atoms with Crippen molar-refractivity contribution in [2.75, 3.05) is 38.6 Å². The third-order valence-corrected chi connectivity index (χ3v) is 4.54. The van der Waals surface area contributed by atoms with E-state index in [2.05, 4.69) is 48.8 Å². The van der Waals surface area contributed by atoms with Crippen LogP contribution in [0.1, 0.15) is 29.7 Å². The summed E-state index contributed by atoms with van der Waals surface area (Å²) in [6, 6.07) is 7.37. The predicted molar refractivity (Wildman–Crippen MR) is 83.1 cm³/mol. The minimum Gasteiger partial charge on any atom is -0.300 e. The van der Waals surface area contributed by atoms with E-state index in [-0.39, 0.29) is 0 Å². The molecule has 3 heteroatoms. The van der Waals surface area contributed by atoms with Crippen molar-refractivity contribution < 1.29 is 0 Å². The Balaban J connectivity index is 1.97. The predicted octanol–water partition coefficient (Wildman–Crippen LogP) is 3.22. The van der Waals surface area contributed by atoms with Crippen molar-refractivity contribution in [3.63, 3.8) is 0 Å². The Hall–Kier alpha value is -0.570. The molecule has 1 saturated heterocycles. The lowest BCUT2D eigenvalue weighted by Crippen LogP contribution is -2.47. The molecule has 1 fully saturated rings. The molecule has 0 bridgehead atoms. The lowest BCUT2D eigenvalue weighted by molar-refractivity contribution is 0.106. The van der Waals surface area contributed by atoms with Crippen molar-refractivity contribution in [3.8, 4) is 0 Å². The first-order valence-corrected chi connectivity index (χ1v) is 7.75. The average Bonchev–Trinajstić information content (AvgIpc) is 2.42. The van der Waals surface area contributed by atoms with Crippen molar-refractivity contribution in [1.82, 2.24) is 9.80 Å². The van der Waals surface area contributed by atoms with Gasteiger partial charge in [-0.05, 0) is 37.5 Å². The zero-order valence-corrected chi connectivity index (χ0v) is 13.1. The van der Waals surface area contributed by atoms with Crippen LogP contribution in [0.2, 0.25) is 0 Å². The van der Waals surface area contributed by atoms with Crippen LogP contribution in [0.25, 0.3) is 0 Å². The number of halogens is 1. The molecule has 1 heterocycles. The van der Waals surface area contributed by atoms with E-state index in [1.165, 1.54) is 16.7 Å². The lowest BCUT2D eigenvalue weighted by Gasteiger charge is -2.38. The molecule has 1 unspecified atom stereocenters. The fraction of sp³-hybridized carbons (Fsp3) is 0.625. The van der Waals surface area contributed by atoms with Gasteiger partial charge in [-0.1, -0.05) is 18.2 Å². The van der Waals surface area contributed by atoms with Gasteiger partial charge in [0.05, 0.1) is 0 Å². The molecule has 0 amide bonds. The van der Waals surface area contributed by atoms with E-state index < -0.39 is 0 Å². The number of piperazine rings is 1.